The van der Waals surface area contributed by atoms with Gasteiger partial charge in [0, 0.05) is 11.0 Å². The molecule has 0 aliphatic carbocycles. The second kappa shape index (κ2) is 5.32. The van der Waals surface area contributed by atoms with Crippen molar-refractivity contribution >= 4 is 28.1 Å². The number of H-pyrrole nitrogens is 1. The van der Waals surface area contributed by atoms with Crippen LogP contribution in [0.2, 0.25) is 0 Å². The van der Waals surface area contributed by atoms with Gasteiger partial charge in [0.2, 0.25) is 0 Å². The maximum Gasteiger partial charge on any atom is 0.195 e. The Hall–Kier alpha value is -1.01. The van der Waals surface area contributed by atoms with Crippen LogP contribution in [0, 0.1) is 16.5 Å². The molecule has 0 unspecified atom stereocenters. The smallest absolute Gasteiger partial charge is 0.195 e. The summed E-state index contributed by atoms with van der Waals surface area (Å²) in [4.78, 5) is 0. The molecule has 6 heteroatoms. The zero-order valence-corrected chi connectivity index (χ0v) is 12.5. The van der Waals surface area contributed by atoms with Gasteiger partial charge in [0.25, 0.3) is 0 Å². The lowest BCUT2D eigenvalue weighted by Gasteiger charge is -2.11. The topological polar surface area (TPSA) is 33.6 Å². The normalized spacial score (nSPS) is 11.2. The summed E-state index contributed by atoms with van der Waals surface area (Å²) in [5, 5.41) is 6.86. The monoisotopic (exact) mass is 329 g/mol. The summed E-state index contributed by atoms with van der Waals surface area (Å²) in [5.74, 6) is 0.612. The zero-order chi connectivity index (χ0) is 13.3. The van der Waals surface area contributed by atoms with E-state index in [9.17, 15) is 4.39 Å². The van der Waals surface area contributed by atoms with Crippen LogP contribution in [0.3, 0.4) is 0 Å². The lowest BCUT2D eigenvalue weighted by Crippen LogP contribution is -2.07. The Labute approximate surface area is 118 Å². The first-order chi connectivity index (χ1) is 8.50. The first kappa shape index (κ1) is 13.4. The average Bonchev–Trinajstić information content (AvgIpc) is 2.61. The van der Waals surface area contributed by atoms with Gasteiger partial charge in [-0.15, -0.1) is 0 Å². The van der Waals surface area contributed by atoms with Crippen molar-refractivity contribution in [3.8, 4) is 11.4 Å². The number of hydrogen-bond acceptors (Lipinski definition) is 2. The van der Waals surface area contributed by atoms with Crippen molar-refractivity contribution in [2.24, 2.45) is 5.92 Å². The van der Waals surface area contributed by atoms with E-state index in [1.54, 1.807) is 12.1 Å². The number of aromatic nitrogens is 3. The Balaban J connectivity index is 2.61. The van der Waals surface area contributed by atoms with Crippen molar-refractivity contribution < 1.29 is 4.39 Å². The molecule has 0 aliphatic heterocycles. The number of hydrogen-bond donors (Lipinski definition) is 1. The quantitative estimate of drug-likeness (QED) is 0.857. The van der Waals surface area contributed by atoms with Gasteiger partial charge in [0.15, 0.2) is 10.6 Å². The van der Waals surface area contributed by atoms with Crippen LogP contribution in [0.25, 0.3) is 11.4 Å². The van der Waals surface area contributed by atoms with Gasteiger partial charge in [-0.2, -0.15) is 5.10 Å². The van der Waals surface area contributed by atoms with Crippen LogP contribution in [0.5, 0.6) is 0 Å². The highest BCUT2D eigenvalue weighted by Crippen LogP contribution is 2.29. The van der Waals surface area contributed by atoms with Gasteiger partial charge in [0.05, 0.1) is 5.56 Å². The van der Waals surface area contributed by atoms with Gasteiger partial charge < -0.3 is 0 Å². The van der Waals surface area contributed by atoms with E-state index >= 15 is 0 Å². The molecule has 18 heavy (non-hydrogen) atoms. The number of benzene rings is 1. The molecule has 96 valence electrons. The fraction of sp³-hybridized carbons (Fsp3) is 0.333. The van der Waals surface area contributed by atoms with E-state index in [1.807, 2.05) is 4.57 Å². The maximum atomic E-state index is 13.9. The Morgan fingerprint density at radius 2 is 2.22 bits per heavy atom. The molecule has 0 amide bonds. The Kier molecular flexibility index (Phi) is 3.97. The lowest BCUT2D eigenvalue weighted by molar-refractivity contribution is 0.520. The predicted octanol–water partition coefficient (Wildman–Crippen LogP) is 4.17. The fourth-order valence-electron chi connectivity index (χ4n) is 1.75. The van der Waals surface area contributed by atoms with Gasteiger partial charge in [-0.3, -0.25) is 9.67 Å². The molecule has 0 spiro atoms. The number of rotatable bonds is 3. The van der Waals surface area contributed by atoms with Crippen LogP contribution < -0.4 is 0 Å². The second-order valence-corrected chi connectivity index (χ2v) is 5.69. The summed E-state index contributed by atoms with van der Waals surface area (Å²) in [6, 6.07) is 4.85. The molecule has 2 aromatic rings. The van der Waals surface area contributed by atoms with Crippen LogP contribution >= 0.6 is 28.1 Å². The molecule has 0 saturated carbocycles. The van der Waals surface area contributed by atoms with E-state index in [4.69, 9.17) is 12.2 Å². The highest BCUT2D eigenvalue weighted by atomic mass is 79.9. The third-order valence-corrected chi connectivity index (χ3v) is 3.46. The molecule has 1 aromatic carbocycles. The highest BCUT2D eigenvalue weighted by molar-refractivity contribution is 9.10. The molecule has 1 heterocycles. The number of nitrogens with zero attached hydrogens (tertiary/aromatic N) is 2. The minimum absolute atomic E-state index is 0.316. The Morgan fingerprint density at radius 3 is 2.83 bits per heavy atom. The number of halogens is 2. The molecular weight excluding hydrogens is 317 g/mol. The van der Waals surface area contributed by atoms with Gasteiger partial charge in [-0.1, -0.05) is 19.9 Å². The number of aromatic amines is 1. The molecule has 3 nitrogen and oxygen atoms in total. The highest BCUT2D eigenvalue weighted by Gasteiger charge is 2.16. The Bertz CT molecular complexity index is 598. The molecule has 0 radical (unpaired) electrons. The van der Waals surface area contributed by atoms with Crippen LogP contribution in [-0.2, 0) is 6.54 Å². The molecular formula is C12H13BrFN3S. The van der Waals surface area contributed by atoms with Crippen molar-refractivity contribution in [3.63, 3.8) is 0 Å². The van der Waals surface area contributed by atoms with Gasteiger partial charge >= 0.3 is 0 Å². The van der Waals surface area contributed by atoms with Crippen molar-refractivity contribution in [2.45, 2.75) is 20.4 Å². The van der Waals surface area contributed by atoms with Crippen molar-refractivity contribution in [3.05, 3.63) is 33.3 Å². The van der Waals surface area contributed by atoms with Crippen LogP contribution in [-0.4, -0.2) is 14.8 Å². The van der Waals surface area contributed by atoms with Gasteiger partial charge in [0.1, 0.15) is 5.82 Å². The first-order valence-corrected chi connectivity index (χ1v) is 6.80. The molecule has 0 bridgehead atoms. The molecule has 1 N–H and O–H groups in total. The molecule has 1 aromatic heterocycles. The molecule has 2 rings (SSSR count). The third kappa shape index (κ3) is 2.54. The summed E-state index contributed by atoms with van der Waals surface area (Å²) in [7, 11) is 0. The number of nitrogens with one attached hydrogen (secondary N) is 1. The summed E-state index contributed by atoms with van der Waals surface area (Å²) in [6.45, 7) is 4.86. The summed E-state index contributed by atoms with van der Waals surface area (Å²) < 4.78 is 16.9. The maximum absolute atomic E-state index is 13.9. The summed E-state index contributed by atoms with van der Waals surface area (Å²) in [5.41, 5.74) is 0.436. The van der Waals surface area contributed by atoms with E-state index in [2.05, 4.69) is 40.0 Å². The fourth-order valence-corrected chi connectivity index (χ4v) is 2.48. The second-order valence-electron chi connectivity index (χ2n) is 4.45. The molecule has 0 saturated heterocycles. The third-order valence-electron chi connectivity index (χ3n) is 2.49. The zero-order valence-electron chi connectivity index (χ0n) is 10.1. The summed E-state index contributed by atoms with van der Waals surface area (Å²) in [6.07, 6.45) is 0. The van der Waals surface area contributed by atoms with E-state index in [1.165, 1.54) is 6.07 Å². The average molecular weight is 330 g/mol. The molecule has 0 atom stereocenters. The first-order valence-electron chi connectivity index (χ1n) is 5.60. The van der Waals surface area contributed by atoms with Gasteiger partial charge in [-0.05, 0) is 46.2 Å². The van der Waals surface area contributed by atoms with Crippen LogP contribution in [0.4, 0.5) is 4.39 Å². The SMILES string of the molecule is CC(C)Cn1c(-c2c(F)cccc2Br)n[nH]c1=S. The van der Waals surface area contributed by atoms with E-state index < -0.39 is 0 Å². The standard InChI is InChI=1S/C12H13BrFN3S/c1-7(2)6-17-11(15-16-12(17)18)10-8(13)4-3-5-9(10)14/h3-5,7H,6H2,1-2H3,(H,16,18). The van der Waals surface area contributed by atoms with Gasteiger partial charge in [-0.25, -0.2) is 4.39 Å². The van der Waals surface area contributed by atoms with Crippen molar-refractivity contribution in [1.82, 2.24) is 14.8 Å². The Morgan fingerprint density at radius 1 is 1.50 bits per heavy atom. The van der Waals surface area contributed by atoms with Crippen molar-refractivity contribution in [2.75, 3.05) is 0 Å². The molecule has 0 aliphatic rings. The minimum atomic E-state index is -0.316. The van der Waals surface area contributed by atoms with Crippen LogP contribution in [0.1, 0.15) is 13.8 Å². The molecule has 0 fully saturated rings. The van der Waals surface area contributed by atoms with E-state index in [0.29, 0.717) is 33.1 Å². The van der Waals surface area contributed by atoms with E-state index in [-0.39, 0.29) is 5.82 Å². The van der Waals surface area contributed by atoms with Crippen molar-refractivity contribution in [1.29, 1.82) is 0 Å². The van der Waals surface area contributed by atoms with E-state index in [0.717, 1.165) is 0 Å². The largest absolute Gasteiger partial charge is 0.300 e. The predicted molar refractivity (Wildman–Crippen MR) is 75.3 cm³/mol. The minimum Gasteiger partial charge on any atom is -0.300 e. The summed E-state index contributed by atoms with van der Waals surface area (Å²) >= 11 is 8.54. The lowest BCUT2D eigenvalue weighted by atomic mass is 10.2. The van der Waals surface area contributed by atoms with Crippen LogP contribution in [0.15, 0.2) is 22.7 Å².